The second kappa shape index (κ2) is 6.20. The van der Waals surface area contributed by atoms with Gasteiger partial charge in [0.15, 0.2) is 5.75 Å². The van der Waals surface area contributed by atoms with Crippen LogP contribution in [0.2, 0.25) is 5.02 Å². The molecule has 0 heterocycles. The number of non-ortho nitro benzene ring substituents is 1. The van der Waals surface area contributed by atoms with Crippen molar-refractivity contribution in [1.29, 1.82) is 0 Å². The Morgan fingerprint density at radius 1 is 1.50 bits per heavy atom. The molecule has 0 aliphatic rings. The Kier molecular flexibility index (Phi) is 4.91. The van der Waals surface area contributed by atoms with Crippen molar-refractivity contribution in [3.8, 4) is 5.75 Å². The van der Waals surface area contributed by atoms with Crippen LogP contribution >= 0.6 is 11.6 Å². The van der Waals surface area contributed by atoms with E-state index in [9.17, 15) is 14.9 Å². The average Bonchev–Trinajstić information content (AvgIpc) is 2.36. The smallest absolute Gasteiger partial charge is 0.273 e. The van der Waals surface area contributed by atoms with E-state index in [0.29, 0.717) is 12.0 Å². The minimum atomic E-state index is -0.538. The minimum absolute atomic E-state index is 0.0736. The lowest BCUT2D eigenvalue weighted by Crippen LogP contribution is -2.26. The summed E-state index contributed by atoms with van der Waals surface area (Å²) in [7, 11) is 0. The summed E-state index contributed by atoms with van der Waals surface area (Å²) in [6, 6.07) is 2.56. The van der Waals surface area contributed by atoms with Crippen molar-refractivity contribution < 1.29 is 14.6 Å². The highest BCUT2D eigenvalue weighted by atomic mass is 35.5. The number of carbonyl (C=O) groups is 1. The number of hydroxylamine groups is 1. The molecule has 1 N–H and O–H groups in total. The SMILES string of the molecule is CCC(=O)NOc1cc([N+](=O)[O-])cc(CC)c1Cl. The van der Waals surface area contributed by atoms with Crippen LogP contribution in [-0.4, -0.2) is 10.8 Å². The lowest BCUT2D eigenvalue weighted by atomic mass is 10.1. The predicted molar refractivity (Wildman–Crippen MR) is 66.5 cm³/mol. The summed E-state index contributed by atoms with van der Waals surface area (Å²) < 4.78 is 0. The largest absolute Gasteiger partial charge is 0.378 e. The van der Waals surface area contributed by atoms with Crippen molar-refractivity contribution >= 4 is 23.2 Å². The fourth-order valence-electron chi connectivity index (χ4n) is 1.26. The van der Waals surface area contributed by atoms with Crippen molar-refractivity contribution in [2.24, 2.45) is 0 Å². The van der Waals surface area contributed by atoms with Gasteiger partial charge in [0, 0.05) is 12.5 Å². The molecule has 0 saturated heterocycles. The number of nitrogens with zero attached hydrogens (tertiary/aromatic N) is 1. The van der Waals surface area contributed by atoms with Crippen molar-refractivity contribution in [3.63, 3.8) is 0 Å². The molecule has 0 aliphatic carbocycles. The van der Waals surface area contributed by atoms with Crippen molar-refractivity contribution in [3.05, 3.63) is 32.8 Å². The highest BCUT2D eigenvalue weighted by Gasteiger charge is 2.16. The van der Waals surface area contributed by atoms with E-state index < -0.39 is 4.92 Å². The number of rotatable bonds is 5. The molecule has 98 valence electrons. The summed E-state index contributed by atoms with van der Waals surface area (Å²) >= 11 is 6.01. The standard InChI is InChI=1S/C11H13ClN2O4/c1-3-7-5-8(14(16)17)6-9(11(7)12)18-13-10(15)4-2/h5-6H,3-4H2,1-2H3,(H,13,15). The Morgan fingerprint density at radius 3 is 2.67 bits per heavy atom. The molecule has 1 rings (SSSR count). The van der Waals surface area contributed by atoms with Gasteiger partial charge in [0.2, 0.25) is 0 Å². The van der Waals surface area contributed by atoms with Gasteiger partial charge < -0.3 is 4.84 Å². The Labute approximate surface area is 109 Å². The van der Waals surface area contributed by atoms with Crippen LogP contribution in [0.25, 0.3) is 0 Å². The van der Waals surface area contributed by atoms with Gasteiger partial charge in [0.25, 0.3) is 11.6 Å². The average molecular weight is 273 g/mol. The van der Waals surface area contributed by atoms with Crippen LogP contribution < -0.4 is 10.3 Å². The maximum atomic E-state index is 11.1. The highest BCUT2D eigenvalue weighted by Crippen LogP contribution is 2.33. The third-order valence-corrected chi connectivity index (χ3v) is 2.72. The molecule has 18 heavy (non-hydrogen) atoms. The van der Waals surface area contributed by atoms with Gasteiger partial charge in [-0.25, -0.2) is 0 Å². The number of nitrogens with one attached hydrogen (secondary N) is 1. The summed E-state index contributed by atoms with van der Waals surface area (Å²) in [5.74, 6) is -0.264. The lowest BCUT2D eigenvalue weighted by Gasteiger charge is -2.10. The normalized spacial score (nSPS) is 9.94. The van der Waals surface area contributed by atoms with E-state index in [0.717, 1.165) is 0 Å². The van der Waals surface area contributed by atoms with E-state index in [1.165, 1.54) is 12.1 Å². The summed E-state index contributed by atoms with van der Waals surface area (Å²) in [6.45, 7) is 3.48. The first-order valence-corrected chi connectivity index (χ1v) is 5.79. The first-order chi connectivity index (χ1) is 8.49. The maximum Gasteiger partial charge on any atom is 0.273 e. The van der Waals surface area contributed by atoms with Gasteiger partial charge in [-0.05, 0) is 12.0 Å². The van der Waals surface area contributed by atoms with Gasteiger partial charge in [-0.1, -0.05) is 25.4 Å². The predicted octanol–water partition coefficient (Wildman–Crippen LogP) is 2.63. The third kappa shape index (κ3) is 3.33. The molecule has 0 aliphatic heterocycles. The fraction of sp³-hybridized carbons (Fsp3) is 0.364. The summed E-state index contributed by atoms with van der Waals surface area (Å²) in [4.78, 5) is 26.3. The Bertz CT molecular complexity index is 476. The molecule has 0 radical (unpaired) electrons. The highest BCUT2D eigenvalue weighted by molar-refractivity contribution is 6.32. The summed E-state index contributed by atoms with van der Waals surface area (Å²) in [5, 5.41) is 11.0. The molecular weight excluding hydrogens is 260 g/mol. The first-order valence-electron chi connectivity index (χ1n) is 5.42. The van der Waals surface area contributed by atoms with E-state index >= 15 is 0 Å². The van der Waals surface area contributed by atoms with Gasteiger partial charge >= 0.3 is 0 Å². The molecule has 0 fully saturated rings. The minimum Gasteiger partial charge on any atom is -0.378 e. The molecular formula is C11H13ClN2O4. The van der Waals surface area contributed by atoms with Gasteiger partial charge in [-0.2, -0.15) is 5.48 Å². The van der Waals surface area contributed by atoms with Crippen LogP contribution in [-0.2, 0) is 11.2 Å². The first kappa shape index (κ1) is 14.2. The molecule has 1 aromatic carbocycles. The zero-order chi connectivity index (χ0) is 13.7. The zero-order valence-corrected chi connectivity index (χ0v) is 10.8. The molecule has 0 aromatic heterocycles. The van der Waals surface area contributed by atoms with E-state index in [4.69, 9.17) is 16.4 Å². The van der Waals surface area contributed by atoms with Crippen LogP contribution in [0.4, 0.5) is 5.69 Å². The number of nitro groups is 1. The Morgan fingerprint density at radius 2 is 2.17 bits per heavy atom. The molecule has 0 saturated carbocycles. The monoisotopic (exact) mass is 272 g/mol. The van der Waals surface area contributed by atoms with Crippen LogP contribution in [0, 0.1) is 10.1 Å². The molecule has 0 atom stereocenters. The van der Waals surface area contributed by atoms with Gasteiger partial charge in [-0.3, -0.25) is 14.9 Å². The van der Waals surface area contributed by atoms with Crippen LogP contribution in [0.5, 0.6) is 5.75 Å². The number of benzene rings is 1. The molecule has 0 spiro atoms. The van der Waals surface area contributed by atoms with E-state index in [1.807, 2.05) is 6.92 Å². The number of hydrogen-bond acceptors (Lipinski definition) is 4. The second-order valence-corrected chi connectivity index (χ2v) is 3.89. The van der Waals surface area contributed by atoms with E-state index in [2.05, 4.69) is 5.48 Å². The van der Waals surface area contributed by atoms with Crippen molar-refractivity contribution in [2.45, 2.75) is 26.7 Å². The maximum absolute atomic E-state index is 11.1. The molecule has 0 bridgehead atoms. The quantitative estimate of drug-likeness (QED) is 0.660. The number of nitro benzene ring substituents is 1. The third-order valence-electron chi connectivity index (χ3n) is 2.29. The van der Waals surface area contributed by atoms with Crippen LogP contribution in [0.15, 0.2) is 12.1 Å². The molecule has 6 nitrogen and oxygen atoms in total. The lowest BCUT2D eigenvalue weighted by molar-refractivity contribution is -0.385. The topological polar surface area (TPSA) is 81.5 Å². The molecule has 7 heteroatoms. The molecule has 0 unspecified atom stereocenters. The number of hydrogen-bond donors (Lipinski definition) is 1. The summed E-state index contributed by atoms with van der Waals surface area (Å²) in [5.41, 5.74) is 2.62. The van der Waals surface area contributed by atoms with Gasteiger partial charge in [0.05, 0.1) is 16.0 Å². The zero-order valence-electron chi connectivity index (χ0n) is 10.0. The van der Waals surface area contributed by atoms with Gasteiger partial charge in [-0.15, -0.1) is 0 Å². The van der Waals surface area contributed by atoms with Crippen molar-refractivity contribution in [2.75, 3.05) is 0 Å². The Balaban J connectivity index is 3.05. The van der Waals surface area contributed by atoms with E-state index in [1.54, 1.807) is 6.92 Å². The molecule has 1 aromatic rings. The Hall–Kier alpha value is -1.82. The van der Waals surface area contributed by atoms with Crippen LogP contribution in [0.1, 0.15) is 25.8 Å². The fourth-order valence-corrected chi connectivity index (χ4v) is 1.54. The second-order valence-electron chi connectivity index (χ2n) is 3.51. The van der Waals surface area contributed by atoms with E-state index in [-0.39, 0.29) is 28.8 Å². The number of halogens is 1. The molecule has 1 amide bonds. The number of aryl methyl sites for hydroxylation is 1. The van der Waals surface area contributed by atoms with Crippen LogP contribution in [0.3, 0.4) is 0 Å². The van der Waals surface area contributed by atoms with Gasteiger partial charge in [0.1, 0.15) is 0 Å². The van der Waals surface area contributed by atoms with Crippen molar-refractivity contribution in [1.82, 2.24) is 5.48 Å². The summed E-state index contributed by atoms with van der Waals surface area (Å²) in [6.07, 6.45) is 0.770. The number of carbonyl (C=O) groups excluding carboxylic acids is 1. The number of amides is 1.